The fourth-order valence-electron chi connectivity index (χ4n) is 2.76. The molecule has 12 heteroatoms. The average molecular weight is 484 g/mol. The van der Waals surface area contributed by atoms with Gasteiger partial charge in [0, 0.05) is 36.9 Å². The van der Waals surface area contributed by atoms with Crippen molar-refractivity contribution < 1.29 is 28.6 Å². The molecule has 174 valence electrons. The van der Waals surface area contributed by atoms with Crippen LogP contribution in [0.15, 0.2) is 0 Å². The van der Waals surface area contributed by atoms with Crippen molar-refractivity contribution in [1.29, 1.82) is 0 Å². The van der Waals surface area contributed by atoms with E-state index in [-0.39, 0.29) is 37.2 Å². The molecule has 30 heavy (non-hydrogen) atoms. The van der Waals surface area contributed by atoms with Crippen molar-refractivity contribution in [1.82, 2.24) is 14.7 Å². The van der Waals surface area contributed by atoms with Gasteiger partial charge >= 0.3 is 17.9 Å². The molecule has 0 spiro atoms. The molecule has 0 unspecified atom stereocenters. The minimum atomic E-state index is -0.261. The first-order valence-electron chi connectivity index (χ1n) is 9.95. The second-order valence-corrected chi connectivity index (χ2v) is 8.03. The standard InChI is InChI=1S/C18H33N3O6S3/c22-16(1-10-28)25-7-4-19-13-20(5-8-26-17(23)2-11-29)15-21(14-19)6-9-27-18(24)3-12-30/h28-30H,1-15H2. The van der Waals surface area contributed by atoms with Crippen LogP contribution in [0, 0.1) is 0 Å². The van der Waals surface area contributed by atoms with E-state index >= 15 is 0 Å². The highest BCUT2D eigenvalue weighted by atomic mass is 32.1. The van der Waals surface area contributed by atoms with Gasteiger partial charge in [-0.05, 0) is 0 Å². The summed E-state index contributed by atoms with van der Waals surface area (Å²) in [5.74, 6) is 0.597. The summed E-state index contributed by atoms with van der Waals surface area (Å²) in [5, 5.41) is 0. The van der Waals surface area contributed by atoms with E-state index in [2.05, 4.69) is 52.6 Å². The Morgan fingerprint density at radius 3 is 1.07 bits per heavy atom. The number of rotatable bonds is 15. The van der Waals surface area contributed by atoms with Gasteiger partial charge < -0.3 is 14.2 Å². The van der Waals surface area contributed by atoms with Gasteiger partial charge in [0.15, 0.2) is 0 Å². The van der Waals surface area contributed by atoms with Gasteiger partial charge in [-0.3, -0.25) is 29.1 Å². The Morgan fingerprint density at radius 2 is 0.833 bits per heavy atom. The van der Waals surface area contributed by atoms with Crippen molar-refractivity contribution >= 4 is 55.8 Å². The van der Waals surface area contributed by atoms with E-state index in [0.29, 0.717) is 76.7 Å². The summed E-state index contributed by atoms with van der Waals surface area (Å²) in [6.45, 7) is 4.57. The largest absolute Gasteiger partial charge is 0.464 e. The second kappa shape index (κ2) is 17.0. The molecule has 0 aliphatic carbocycles. The van der Waals surface area contributed by atoms with Gasteiger partial charge in [0.05, 0.1) is 39.3 Å². The summed E-state index contributed by atoms with van der Waals surface area (Å²) in [6.07, 6.45) is 0.865. The lowest BCUT2D eigenvalue weighted by molar-refractivity contribution is -0.145. The monoisotopic (exact) mass is 483 g/mol. The van der Waals surface area contributed by atoms with Crippen molar-refractivity contribution in [3.63, 3.8) is 0 Å². The van der Waals surface area contributed by atoms with Gasteiger partial charge in [0.2, 0.25) is 0 Å². The van der Waals surface area contributed by atoms with Crippen LogP contribution in [-0.4, -0.2) is 109 Å². The number of hydrogen-bond donors (Lipinski definition) is 3. The summed E-state index contributed by atoms with van der Waals surface area (Å²) >= 11 is 12.1. The molecule has 9 nitrogen and oxygen atoms in total. The molecule has 1 heterocycles. The van der Waals surface area contributed by atoms with Crippen LogP contribution in [0.4, 0.5) is 0 Å². The quantitative estimate of drug-likeness (QED) is 0.174. The number of nitrogens with zero attached hydrogens (tertiary/aromatic N) is 3. The van der Waals surface area contributed by atoms with Crippen LogP contribution >= 0.6 is 37.9 Å². The Hall–Kier alpha value is -0.660. The molecule has 0 bridgehead atoms. The molecule has 0 amide bonds. The van der Waals surface area contributed by atoms with Crippen LogP contribution in [0.1, 0.15) is 19.3 Å². The van der Waals surface area contributed by atoms with E-state index in [1.807, 2.05) is 0 Å². The molecule has 0 aromatic rings. The first-order valence-corrected chi connectivity index (χ1v) is 11.8. The van der Waals surface area contributed by atoms with Crippen molar-refractivity contribution in [2.24, 2.45) is 0 Å². The number of esters is 3. The van der Waals surface area contributed by atoms with Crippen LogP contribution < -0.4 is 0 Å². The molecule has 0 N–H and O–H groups in total. The molecule has 0 aromatic heterocycles. The highest BCUT2D eigenvalue weighted by molar-refractivity contribution is 7.80. The van der Waals surface area contributed by atoms with Crippen molar-refractivity contribution in [3.05, 3.63) is 0 Å². The number of hydrogen-bond acceptors (Lipinski definition) is 12. The lowest BCUT2D eigenvalue weighted by atomic mass is 10.4. The first kappa shape index (κ1) is 27.4. The summed E-state index contributed by atoms with van der Waals surface area (Å²) < 4.78 is 15.6. The molecular weight excluding hydrogens is 450 g/mol. The topological polar surface area (TPSA) is 88.6 Å². The molecule has 0 saturated carbocycles. The lowest BCUT2D eigenvalue weighted by Gasteiger charge is -2.42. The van der Waals surface area contributed by atoms with E-state index in [0.717, 1.165) is 0 Å². The van der Waals surface area contributed by atoms with Gasteiger partial charge in [0.1, 0.15) is 19.8 Å². The van der Waals surface area contributed by atoms with Gasteiger partial charge in [0.25, 0.3) is 0 Å². The molecule has 1 saturated heterocycles. The summed E-state index contributed by atoms with van der Waals surface area (Å²) in [4.78, 5) is 40.9. The normalized spacial score (nSPS) is 15.7. The zero-order valence-electron chi connectivity index (χ0n) is 17.2. The maximum atomic E-state index is 11.5. The molecule has 1 aliphatic heterocycles. The minimum absolute atomic E-state index is 0.261. The number of ether oxygens (including phenoxy) is 3. The van der Waals surface area contributed by atoms with Crippen LogP contribution in [0.3, 0.4) is 0 Å². The molecule has 0 aromatic carbocycles. The van der Waals surface area contributed by atoms with Crippen LogP contribution in [0.2, 0.25) is 0 Å². The molecule has 1 rings (SSSR count). The third-order valence-corrected chi connectivity index (χ3v) is 4.83. The third kappa shape index (κ3) is 12.9. The molecular formula is C18H33N3O6S3. The minimum Gasteiger partial charge on any atom is -0.464 e. The number of carbonyl (C=O) groups excluding carboxylic acids is 3. The number of thiol groups is 3. The average Bonchev–Trinajstić information content (AvgIpc) is 2.68. The zero-order valence-corrected chi connectivity index (χ0v) is 19.9. The third-order valence-electron chi connectivity index (χ3n) is 4.16. The van der Waals surface area contributed by atoms with Crippen molar-refractivity contribution in [2.45, 2.75) is 19.3 Å². The smallest absolute Gasteiger partial charge is 0.306 e. The van der Waals surface area contributed by atoms with Crippen molar-refractivity contribution in [3.8, 4) is 0 Å². The van der Waals surface area contributed by atoms with Gasteiger partial charge in [-0.15, -0.1) is 0 Å². The molecule has 1 fully saturated rings. The van der Waals surface area contributed by atoms with Crippen molar-refractivity contribution in [2.75, 3.05) is 76.7 Å². The Labute approximate surface area is 195 Å². The SMILES string of the molecule is O=C(CCS)OCCN1CN(CCOC(=O)CCS)CN(CCOC(=O)CCS)C1. The zero-order chi connectivity index (χ0) is 22.2. The van der Waals surface area contributed by atoms with E-state index in [4.69, 9.17) is 14.2 Å². The summed E-state index contributed by atoms with van der Waals surface area (Å²) in [5.41, 5.74) is 0. The number of carbonyl (C=O) groups is 3. The fraction of sp³-hybridized carbons (Fsp3) is 0.833. The second-order valence-electron chi connectivity index (χ2n) is 6.69. The van der Waals surface area contributed by atoms with E-state index in [9.17, 15) is 14.4 Å². The Kier molecular flexibility index (Phi) is 15.5. The fourth-order valence-corrected chi connectivity index (χ4v) is 3.31. The van der Waals surface area contributed by atoms with E-state index in [1.54, 1.807) is 0 Å². The predicted molar refractivity (Wildman–Crippen MR) is 123 cm³/mol. The lowest BCUT2D eigenvalue weighted by Crippen LogP contribution is -2.56. The highest BCUT2D eigenvalue weighted by Gasteiger charge is 2.23. The Bertz CT molecular complexity index is 452. The van der Waals surface area contributed by atoms with Gasteiger partial charge in [-0.25, -0.2) is 0 Å². The maximum absolute atomic E-state index is 11.5. The summed E-state index contributed by atoms with van der Waals surface area (Å²) in [6, 6.07) is 0. The predicted octanol–water partition coefficient (Wildman–Crippen LogP) is 0.368. The molecule has 1 aliphatic rings. The summed E-state index contributed by atoms with van der Waals surface area (Å²) in [7, 11) is 0. The highest BCUT2D eigenvalue weighted by Crippen LogP contribution is 2.08. The Morgan fingerprint density at radius 1 is 0.567 bits per heavy atom. The maximum Gasteiger partial charge on any atom is 0.306 e. The van der Waals surface area contributed by atoms with E-state index in [1.165, 1.54) is 0 Å². The van der Waals surface area contributed by atoms with E-state index < -0.39 is 0 Å². The Balaban J connectivity index is 2.47. The van der Waals surface area contributed by atoms with Crippen LogP contribution in [0.25, 0.3) is 0 Å². The van der Waals surface area contributed by atoms with Gasteiger partial charge in [-0.2, -0.15) is 37.9 Å². The van der Waals surface area contributed by atoms with Crippen LogP contribution in [-0.2, 0) is 28.6 Å². The molecule has 0 radical (unpaired) electrons. The van der Waals surface area contributed by atoms with Crippen LogP contribution in [0.5, 0.6) is 0 Å². The van der Waals surface area contributed by atoms with Gasteiger partial charge in [-0.1, -0.05) is 0 Å². The molecule has 0 atom stereocenters. The first-order chi connectivity index (χ1) is 14.5.